The molecule has 0 spiro atoms. The molecule has 1 amide bonds. The predicted molar refractivity (Wildman–Crippen MR) is 56.8 cm³/mol. The number of aliphatic hydroxyl groups is 1. The number of carbonyl (C=O) groups is 1. The van der Waals surface area contributed by atoms with Gasteiger partial charge < -0.3 is 16.2 Å². The van der Waals surface area contributed by atoms with Gasteiger partial charge in [-0.1, -0.05) is 13.3 Å². The number of nitrogens with one attached hydrogen (secondary N) is 1. The van der Waals surface area contributed by atoms with Crippen molar-refractivity contribution in [2.24, 2.45) is 11.7 Å². The third-order valence-electron chi connectivity index (χ3n) is 2.26. The van der Waals surface area contributed by atoms with Crippen LogP contribution < -0.4 is 11.1 Å². The van der Waals surface area contributed by atoms with Crippen molar-refractivity contribution in [1.82, 2.24) is 5.32 Å². The van der Waals surface area contributed by atoms with Crippen LogP contribution in [-0.2, 0) is 4.79 Å². The van der Waals surface area contributed by atoms with E-state index in [9.17, 15) is 4.79 Å². The Morgan fingerprint density at radius 3 is 2.50 bits per heavy atom. The van der Waals surface area contributed by atoms with Gasteiger partial charge in [0.15, 0.2) is 0 Å². The molecule has 0 aliphatic carbocycles. The second kappa shape index (κ2) is 5.98. The first kappa shape index (κ1) is 13.4. The maximum atomic E-state index is 11.5. The first-order chi connectivity index (χ1) is 6.45. The highest BCUT2D eigenvalue weighted by Gasteiger charge is 2.20. The molecule has 0 radical (unpaired) electrons. The van der Waals surface area contributed by atoms with E-state index in [1.165, 1.54) is 0 Å². The van der Waals surface area contributed by atoms with Crippen LogP contribution in [0.2, 0.25) is 0 Å². The molecule has 84 valence electrons. The van der Waals surface area contributed by atoms with Crippen LogP contribution in [0.25, 0.3) is 0 Å². The van der Waals surface area contributed by atoms with Crippen LogP contribution >= 0.6 is 0 Å². The van der Waals surface area contributed by atoms with E-state index in [1.807, 2.05) is 6.92 Å². The van der Waals surface area contributed by atoms with Gasteiger partial charge in [-0.2, -0.15) is 0 Å². The maximum Gasteiger partial charge on any atom is 0.220 e. The van der Waals surface area contributed by atoms with Crippen LogP contribution in [-0.4, -0.2) is 29.7 Å². The molecule has 4 nitrogen and oxygen atoms in total. The van der Waals surface area contributed by atoms with E-state index in [4.69, 9.17) is 10.8 Å². The highest BCUT2D eigenvalue weighted by Crippen LogP contribution is 2.07. The lowest BCUT2D eigenvalue weighted by Crippen LogP contribution is -2.46. The highest BCUT2D eigenvalue weighted by molar-refractivity contribution is 5.77. The Balaban J connectivity index is 3.97. The largest absolute Gasteiger partial charge is 0.394 e. The highest BCUT2D eigenvalue weighted by atomic mass is 16.3. The lowest BCUT2D eigenvalue weighted by atomic mass is 10.0. The topological polar surface area (TPSA) is 75.4 Å². The van der Waals surface area contributed by atoms with E-state index in [0.29, 0.717) is 13.0 Å². The molecule has 0 heterocycles. The van der Waals surface area contributed by atoms with E-state index in [0.717, 1.165) is 6.42 Å². The lowest BCUT2D eigenvalue weighted by molar-refractivity contribution is -0.124. The summed E-state index contributed by atoms with van der Waals surface area (Å²) >= 11 is 0. The molecule has 0 aliphatic rings. The van der Waals surface area contributed by atoms with Crippen LogP contribution in [0.1, 0.15) is 33.6 Å². The van der Waals surface area contributed by atoms with Crippen LogP contribution in [0.4, 0.5) is 0 Å². The molecular weight excluding hydrogens is 180 g/mol. The molecule has 0 aromatic carbocycles. The zero-order valence-electron chi connectivity index (χ0n) is 9.34. The first-order valence-corrected chi connectivity index (χ1v) is 5.07. The molecule has 4 heteroatoms. The Kier molecular flexibility index (Phi) is 5.72. The molecular formula is C10H22N2O2. The Bertz CT molecular complexity index is 177. The van der Waals surface area contributed by atoms with E-state index < -0.39 is 5.54 Å². The summed E-state index contributed by atoms with van der Waals surface area (Å²) in [5, 5.41) is 11.7. The summed E-state index contributed by atoms with van der Waals surface area (Å²) in [4.78, 5) is 11.5. The monoisotopic (exact) mass is 202 g/mol. The summed E-state index contributed by atoms with van der Waals surface area (Å²) < 4.78 is 0. The van der Waals surface area contributed by atoms with Gasteiger partial charge >= 0.3 is 0 Å². The number of carbonyl (C=O) groups excluding carboxylic acids is 1. The van der Waals surface area contributed by atoms with Crippen LogP contribution in [0.5, 0.6) is 0 Å². The standard InChI is InChI=1S/C10H22N2O2/c1-4-8(6-11)5-9(14)12-10(2,3)7-13/h8,13H,4-7,11H2,1-3H3,(H,12,14). The molecule has 0 aromatic heterocycles. The number of rotatable bonds is 6. The van der Waals surface area contributed by atoms with Gasteiger partial charge in [0.1, 0.15) is 0 Å². The van der Waals surface area contributed by atoms with Crippen LogP contribution in [0.3, 0.4) is 0 Å². The van der Waals surface area contributed by atoms with Crippen molar-refractivity contribution in [3.05, 3.63) is 0 Å². The molecule has 0 aliphatic heterocycles. The van der Waals surface area contributed by atoms with E-state index in [2.05, 4.69) is 5.32 Å². The smallest absolute Gasteiger partial charge is 0.220 e. The van der Waals surface area contributed by atoms with Crippen LogP contribution in [0, 0.1) is 5.92 Å². The van der Waals surface area contributed by atoms with Crippen molar-refractivity contribution in [1.29, 1.82) is 0 Å². The second-order valence-corrected chi connectivity index (χ2v) is 4.30. The molecule has 14 heavy (non-hydrogen) atoms. The summed E-state index contributed by atoms with van der Waals surface area (Å²) in [7, 11) is 0. The van der Waals surface area contributed by atoms with Crippen molar-refractivity contribution < 1.29 is 9.90 Å². The minimum Gasteiger partial charge on any atom is -0.394 e. The summed E-state index contributed by atoms with van der Waals surface area (Å²) in [5.41, 5.74) is 4.96. The molecule has 0 bridgehead atoms. The molecule has 0 saturated carbocycles. The van der Waals surface area contributed by atoms with Crippen molar-refractivity contribution in [3.63, 3.8) is 0 Å². The van der Waals surface area contributed by atoms with Crippen LogP contribution in [0.15, 0.2) is 0 Å². The van der Waals surface area contributed by atoms with Gasteiger partial charge in [-0.25, -0.2) is 0 Å². The normalized spacial score (nSPS) is 13.8. The molecule has 0 saturated heterocycles. The molecule has 4 N–H and O–H groups in total. The second-order valence-electron chi connectivity index (χ2n) is 4.30. The van der Waals surface area contributed by atoms with Gasteiger partial charge in [0.05, 0.1) is 12.1 Å². The molecule has 1 unspecified atom stereocenters. The Labute approximate surface area is 85.9 Å². The van der Waals surface area contributed by atoms with E-state index in [1.54, 1.807) is 13.8 Å². The minimum absolute atomic E-state index is 0.0404. The van der Waals surface area contributed by atoms with Gasteiger partial charge in [-0.15, -0.1) is 0 Å². The minimum atomic E-state index is -0.538. The molecule has 0 rings (SSSR count). The molecule has 0 fully saturated rings. The summed E-state index contributed by atoms with van der Waals surface area (Å²) in [6.45, 7) is 6.06. The zero-order valence-corrected chi connectivity index (χ0v) is 9.34. The Hall–Kier alpha value is -0.610. The Morgan fingerprint density at radius 2 is 2.14 bits per heavy atom. The quantitative estimate of drug-likeness (QED) is 0.578. The van der Waals surface area contributed by atoms with Crippen molar-refractivity contribution in [3.8, 4) is 0 Å². The van der Waals surface area contributed by atoms with Crippen molar-refractivity contribution in [2.75, 3.05) is 13.2 Å². The van der Waals surface area contributed by atoms with Gasteiger partial charge in [0, 0.05) is 6.42 Å². The average molecular weight is 202 g/mol. The number of amides is 1. The third kappa shape index (κ3) is 5.19. The molecule has 0 aromatic rings. The lowest BCUT2D eigenvalue weighted by Gasteiger charge is -2.24. The van der Waals surface area contributed by atoms with Gasteiger partial charge in [-0.05, 0) is 26.3 Å². The summed E-state index contributed by atoms with van der Waals surface area (Å²) in [5.74, 6) is 0.200. The number of hydrogen-bond donors (Lipinski definition) is 3. The number of hydrogen-bond acceptors (Lipinski definition) is 3. The van der Waals surface area contributed by atoms with Gasteiger partial charge in [0.2, 0.25) is 5.91 Å². The van der Waals surface area contributed by atoms with E-state index in [-0.39, 0.29) is 18.4 Å². The predicted octanol–water partition coefficient (Wildman–Crippen LogP) is 0.249. The number of nitrogens with two attached hydrogens (primary N) is 1. The van der Waals surface area contributed by atoms with Gasteiger partial charge in [0.25, 0.3) is 0 Å². The fourth-order valence-corrected chi connectivity index (χ4v) is 1.12. The SMILES string of the molecule is CCC(CN)CC(=O)NC(C)(C)CO. The van der Waals surface area contributed by atoms with Crippen molar-refractivity contribution >= 4 is 5.91 Å². The fraction of sp³-hybridized carbons (Fsp3) is 0.900. The first-order valence-electron chi connectivity index (χ1n) is 5.07. The third-order valence-corrected chi connectivity index (χ3v) is 2.26. The van der Waals surface area contributed by atoms with E-state index >= 15 is 0 Å². The average Bonchev–Trinajstić information content (AvgIpc) is 2.13. The van der Waals surface area contributed by atoms with Gasteiger partial charge in [-0.3, -0.25) is 4.79 Å². The maximum absolute atomic E-state index is 11.5. The Morgan fingerprint density at radius 1 is 1.57 bits per heavy atom. The van der Waals surface area contributed by atoms with Crippen molar-refractivity contribution in [2.45, 2.75) is 39.2 Å². The number of aliphatic hydroxyl groups excluding tert-OH is 1. The molecule has 1 atom stereocenters. The summed E-state index contributed by atoms with van der Waals surface area (Å²) in [6, 6.07) is 0. The fourth-order valence-electron chi connectivity index (χ4n) is 1.12. The summed E-state index contributed by atoms with van der Waals surface area (Å²) in [6.07, 6.45) is 1.35. The zero-order chi connectivity index (χ0) is 11.2.